The van der Waals surface area contributed by atoms with Gasteiger partial charge in [-0.1, -0.05) is 45.0 Å². The summed E-state index contributed by atoms with van der Waals surface area (Å²) in [5, 5.41) is 8.88. The van der Waals surface area contributed by atoms with Crippen molar-refractivity contribution < 1.29 is 14.7 Å². The Bertz CT molecular complexity index is 493. The number of aliphatic carboxylic acids is 1. The van der Waals surface area contributed by atoms with Crippen molar-refractivity contribution in [3.05, 3.63) is 47.5 Å². The van der Waals surface area contributed by atoms with Gasteiger partial charge in [0.1, 0.15) is 0 Å². The van der Waals surface area contributed by atoms with Crippen LogP contribution in [0, 0.1) is 0 Å². The minimum absolute atomic E-state index is 0.273. The summed E-state index contributed by atoms with van der Waals surface area (Å²) in [6.45, 7) is 9.58. The lowest BCUT2D eigenvalue weighted by atomic mass is 9.79. The Kier molecular flexibility index (Phi) is 4.07. The molecule has 0 fully saturated rings. The number of allylic oxidation sites excluding steroid dienone is 1. The molecule has 0 atom stereocenters. The van der Waals surface area contributed by atoms with Crippen LogP contribution in [0.5, 0.6) is 0 Å². The molecule has 0 aliphatic carbocycles. The number of carbonyl (C=O) groups excluding carboxylic acids is 1. The van der Waals surface area contributed by atoms with Crippen LogP contribution in [0.4, 0.5) is 0 Å². The van der Waals surface area contributed by atoms with Gasteiger partial charge in [0.05, 0.1) is 0 Å². The van der Waals surface area contributed by atoms with E-state index in [0.717, 1.165) is 11.1 Å². The second kappa shape index (κ2) is 5.17. The number of carboxylic acids is 1. The Labute approximate surface area is 107 Å². The van der Waals surface area contributed by atoms with Crippen LogP contribution in [0.3, 0.4) is 0 Å². The maximum Gasteiger partial charge on any atom is 0.377 e. The van der Waals surface area contributed by atoms with Crippen LogP contribution in [0.2, 0.25) is 0 Å². The smallest absolute Gasteiger partial charge is 0.377 e. The highest BCUT2D eigenvalue weighted by Crippen LogP contribution is 2.30. The first kappa shape index (κ1) is 14.2. The molecular formula is C15H18O3. The molecule has 0 bridgehead atoms. The summed E-state index contributed by atoms with van der Waals surface area (Å²) >= 11 is 0. The fraction of sp³-hybridized carbons (Fsp3) is 0.333. The summed E-state index contributed by atoms with van der Waals surface area (Å²) in [7, 11) is 0. The number of Topliss-reactive ketones (excluding diaryl/α,β-unsaturated/α-hetero) is 1. The van der Waals surface area contributed by atoms with Crippen LogP contribution in [0.15, 0.2) is 30.9 Å². The summed E-state index contributed by atoms with van der Waals surface area (Å²) in [4.78, 5) is 22.6. The third-order valence-electron chi connectivity index (χ3n) is 2.70. The van der Waals surface area contributed by atoms with Crippen LogP contribution in [0.25, 0.3) is 0 Å². The molecule has 0 saturated carbocycles. The molecule has 0 radical (unpaired) electrons. The Morgan fingerprint density at radius 3 is 2.39 bits per heavy atom. The lowest BCUT2D eigenvalue weighted by Gasteiger charge is -2.25. The molecule has 1 aromatic carbocycles. The summed E-state index contributed by atoms with van der Waals surface area (Å²) in [6, 6.07) is 5.19. The third kappa shape index (κ3) is 2.86. The lowest BCUT2D eigenvalue weighted by Crippen LogP contribution is -2.23. The normalized spacial score (nSPS) is 11.1. The minimum atomic E-state index is -1.42. The van der Waals surface area contributed by atoms with Crippen molar-refractivity contribution in [1.29, 1.82) is 0 Å². The van der Waals surface area contributed by atoms with Gasteiger partial charge in [0.2, 0.25) is 0 Å². The second-order valence-electron chi connectivity index (χ2n) is 5.22. The fourth-order valence-electron chi connectivity index (χ4n) is 2.12. The van der Waals surface area contributed by atoms with Crippen molar-refractivity contribution in [3.8, 4) is 0 Å². The van der Waals surface area contributed by atoms with Gasteiger partial charge in [-0.15, -0.1) is 6.58 Å². The molecule has 0 spiro atoms. The molecule has 0 saturated heterocycles. The standard InChI is InChI=1S/C15H18O3/c1-5-7-10-8-6-9-11(13(16)14(17)18)12(10)15(2,3)4/h5-6,8-9H,1,7H2,2-4H3,(H,17,18). The minimum Gasteiger partial charge on any atom is -0.475 e. The number of carbonyl (C=O) groups is 2. The summed E-state index contributed by atoms with van der Waals surface area (Å²) < 4.78 is 0. The van der Waals surface area contributed by atoms with Gasteiger partial charge in [-0.05, 0) is 23.0 Å². The number of ketones is 1. The molecule has 0 aromatic heterocycles. The van der Waals surface area contributed by atoms with E-state index in [1.807, 2.05) is 26.8 Å². The zero-order valence-corrected chi connectivity index (χ0v) is 11.0. The molecule has 1 rings (SSSR count). The first-order valence-electron chi connectivity index (χ1n) is 5.80. The summed E-state index contributed by atoms with van der Waals surface area (Å²) in [6.07, 6.45) is 2.37. The first-order valence-corrected chi connectivity index (χ1v) is 5.80. The maximum atomic E-state index is 11.7. The van der Waals surface area contributed by atoms with Crippen LogP contribution in [0.1, 0.15) is 42.3 Å². The predicted molar refractivity (Wildman–Crippen MR) is 71.0 cm³/mol. The molecule has 3 heteroatoms. The van der Waals surface area contributed by atoms with E-state index in [4.69, 9.17) is 5.11 Å². The van der Waals surface area contributed by atoms with E-state index in [1.54, 1.807) is 18.2 Å². The Balaban J connectivity index is 3.52. The van der Waals surface area contributed by atoms with Gasteiger partial charge < -0.3 is 5.11 Å². The van der Waals surface area contributed by atoms with E-state index in [0.29, 0.717) is 6.42 Å². The average molecular weight is 246 g/mol. The molecule has 0 heterocycles. The molecule has 18 heavy (non-hydrogen) atoms. The Hall–Kier alpha value is -1.90. The largest absolute Gasteiger partial charge is 0.475 e. The van der Waals surface area contributed by atoms with E-state index in [-0.39, 0.29) is 11.0 Å². The Morgan fingerprint density at radius 2 is 1.94 bits per heavy atom. The molecular weight excluding hydrogens is 228 g/mol. The van der Waals surface area contributed by atoms with Crippen LogP contribution < -0.4 is 0 Å². The Morgan fingerprint density at radius 1 is 1.33 bits per heavy atom. The van der Waals surface area contributed by atoms with Crippen molar-refractivity contribution in [2.45, 2.75) is 32.6 Å². The van der Waals surface area contributed by atoms with Crippen LogP contribution in [-0.4, -0.2) is 16.9 Å². The van der Waals surface area contributed by atoms with Gasteiger partial charge in [-0.2, -0.15) is 0 Å². The van der Waals surface area contributed by atoms with E-state index >= 15 is 0 Å². The SMILES string of the molecule is C=CCc1cccc(C(=O)C(=O)O)c1C(C)(C)C. The van der Waals surface area contributed by atoms with Gasteiger partial charge in [-0.25, -0.2) is 4.79 Å². The highest BCUT2D eigenvalue weighted by molar-refractivity contribution is 6.40. The van der Waals surface area contributed by atoms with E-state index < -0.39 is 11.8 Å². The van der Waals surface area contributed by atoms with Crippen molar-refractivity contribution in [2.75, 3.05) is 0 Å². The van der Waals surface area contributed by atoms with Gasteiger partial charge in [0.15, 0.2) is 0 Å². The van der Waals surface area contributed by atoms with Crippen LogP contribution >= 0.6 is 0 Å². The summed E-state index contributed by atoms with van der Waals surface area (Å²) in [5.74, 6) is -2.28. The van der Waals surface area contributed by atoms with Crippen molar-refractivity contribution >= 4 is 11.8 Å². The predicted octanol–water partition coefficient (Wildman–Crippen LogP) is 2.98. The van der Waals surface area contributed by atoms with E-state index in [1.165, 1.54) is 0 Å². The van der Waals surface area contributed by atoms with E-state index in [2.05, 4.69) is 6.58 Å². The quantitative estimate of drug-likeness (QED) is 0.505. The molecule has 0 aliphatic rings. The van der Waals surface area contributed by atoms with Crippen molar-refractivity contribution in [1.82, 2.24) is 0 Å². The van der Waals surface area contributed by atoms with Crippen LogP contribution in [-0.2, 0) is 16.6 Å². The number of carboxylic acid groups (broad SMARTS) is 1. The molecule has 1 N–H and O–H groups in total. The summed E-state index contributed by atoms with van der Waals surface area (Å²) in [5.41, 5.74) is 1.72. The monoisotopic (exact) mass is 246 g/mol. The first-order chi connectivity index (χ1) is 8.29. The molecule has 0 amide bonds. The average Bonchev–Trinajstić information content (AvgIpc) is 2.26. The maximum absolute atomic E-state index is 11.7. The number of hydrogen-bond donors (Lipinski definition) is 1. The van der Waals surface area contributed by atoms with Gasteiger partial charge in [-0.3, -0.25) is 4.79 Å². The van der Waals surface area contributed by atoms with Gasteiger partial charge in [0, 0.05) is 5.56 Å². The van der Waals surface area contributed by atoms with Crippen molar-refractivity contribution in [2.24, 2.45) is 0 Å². The molecule has 0 unspecified atom stereocenters. The highest BCUT2D eigenvalue weighted by Gasteiger charge is 2.27. The molecule has 3 nitrogen and oxygen atoms in total. The zero-order chi connectivity index (χ0) is 13.9. The van der Waals surface area contributed by atoms with E-state index in [9.17, 15) is 9.59 Å². The highest BCUT2D eigenvalue weighted by atomic mass is 16.4. The topological polar surface area (TPSA) is 54.4 Å². The fourth-order valence-corrected chi connectivity index (χ4v) is 2.12. The third-order valence-corrected chi connectivity index (χ3v) is 2.70. The lowest BCUT2D eigenvalue weighted by molar-refractivity contribution is -0.131. The number of rotatable bonds is 4. The number of hydrogen-bond acceptors (Lipinski definition) is 2. The zero-order valence-electron chi connectivity index (χ0n) is 11.0. The van der Waals surface area contributed by atoms with Gasteiger partial charge in [0.25, 0.3) is 5.78 Å². The second-order valence-corrected chi connectivity index (χ2v) is 5.22. The van der Waals surface area contributed by atoms with Gasteiger partial charge >= 0.3 is 5.97 Å². The number of benzene rings is 1. The molecule has 96 valence electrons. The molecule has 0 aliphatic heterocycles. The van der Waals surface area contributed by atoms with Crippen molar-refractivity contribution in [3.63, 3.8) is 0 Å². The molecule has 1 aromatic rings.